The van der Waals surface area contributed by atoms with Crippen LogP contribution in [0.3, 0.4) is 0 Å². The van der Waals surface area contributed by atoms with Crippen LogP contribution in [0.1, 0.15) is 45.4 Å². The van der Waals surface area contributed by atoms with Crippen LogP contribution < -0.4 is 19.5 Å². The van der Waals surface area contributed by atoms with Gasteiger partial charge in [-0.2, -0.15) is 0 Å². The quantitative estimate of drug-likeness (QED) is 0.203. The molecule has 0 spiro atoms. The van der Waals surface area contributed by atoms with Gasteiger partial charge in [0.2, 0.25) is 0 Å². The van der Waals surface area contributed by atoms with Crippen LogP contribution in [0.5, 0.6) is 11.5 Å². The molecule has 198 valence electrons. The van der Waals surface area contributed by atoms with Crippen LogP contribution in [0.15, 0.2) is 77.7 Å². The van der Waals surface area contributed by atoms with Crippen molar-refractivity contribution in [3.05, 3.63) is 77.8 Å². The Morgan fingerprint density at radius 3 is 2.27 bits per heavy atom. The Balaban J connectivity index is 1.48. The molecule has 7 nitrogen and oxygen atoms in total. The van der Waals surface area contributed by atoms with Gasteiger partial charge < -0.3 is 14.8 Å². The summed E-state index contributed by atoms with van der Waals surface area (Å²) in [6.07, 6.45) is 7.15. The van der Waals surface area contributed by atoms with Gasteiger partial charge >= 0.3 is 0 Å². The van der Waals surface area contributed by atoms with Crippen molar-refractivity contribution >= 4 is 38.9 Å². The Hall–Kier alpha value is -3.23. The number of nitrogens with one attached hydrogen (secondary N) is 2. The highest BCUT2D eigenvalue weighted by molar-refractivity contribution is 7.92. The number of hydrogen-bond donors (Lipinski definition) is 2. The fourth-order valence-corrected chi connectivity index (χ4v) is 4.86. The molecule has 0 aromatic heterocycles. The summed E-state index contributed by atoms with van der Waals surface area (Å²) in [5.41, 5.74) is 0.673. The van der Waals surface area contributed by atoms with E-state index in [4.69, 9.17) is 21.1 Å². The summed E-state index contributed by atoms with van der Waals surface area (Å²) in [5.74, 6) is 0.782. The van der Waals surface area contributed by atoms with Crippen LogP contribution in [0, 0.1) is 0 Å². The zero-order chi connectivity index (χ0) is 26.5. The van der Waals surface area contributed by atoms with Gasteiger partial charge in [0, 0.05) is 16.8 Å². The number of carbonyl (C=O) groups is 1. The molecule has 3 aromatic rings. The van der Waals surface area contributed by atoms with E-state index in [0.29, 0.717) is 34.5 Å². The first-order valence-electron chi connectivity index (χ1n) is 12.4. The third-order valence-corrected chi connectivity index (χ3v) is 7.06. The molecular formula is C28H33ClN2O5S. The molecule has 1 amide bonds. The van der Waals surface area contributed by atoms with E-state index in [0.717, 1.165) is 12.8 Å². The normalized spacial score (nSPS) is 11.1. The van der Waals surface area contributed by atoms with Gasteiger partial charge in [-0.1, -0.05) is 68.8 Å². The minimum Gasteiger partial charge on any atom is -0.493 e. The van der Waals surface area contributed by atoms with Crippen LogP contribution in [0.25, 0.3) is 0 Å². The monoisotopic (exact) mass is 544 g/mol. The Morgan fingerprint density at radius 1 is 0.811 bits per heavy atom. The molecule has 0 saturated heterocycles. The summed E-state index contributed by atoms with van der Waals surface area (Å²) in [5, 5.41) is 3.08. The van der Waals surface area contributed by atoms with E-state index in [9.17, 15) is 13.2 Å². The number of amides is 1. The summed E-state index contributed by atoms with van der Waals surface area (Å²) in [6, 6.07) is 19.5. The average Bonchev–Trinajstić information content (AvgIpc) is 2.87. The highest BCUT2D eigenvalue weighted by atomic mass is 35.5. The van der Waals surface area contributed by atoms with Crippen molar-refractivity contribution in [3.63, 3.8) is 0 Å². The van der Waals surface area contributed by atoms with E-state index in [1.165, 1.54) is 43.9 Å². The second-order valence-corrected chi connectivity index (χ2v) is 10.7. The maximum absolute atomic E-state index is 12.7. The van der Waals surface area contributed by atoms with Crippen molar-refractivity contribution in [1.29, 1.82) is 0 Å². The van der Waals surface area contributed by atoms with E-state index in [-0.39, 0.29) is 11.5 Å². The summed E-state index contributed by atoms with van der Waals surface area (Å²) < 4.78 is 39.4. The van der Waals surface area contributed by atoms with Crippen molar-refractivity contribution in [2.75, 3.05) is 23.3 Å². The zero-order valence-electron chi connectivity index (χ0n) is 20.9. The summed E-state index contributed by atoms with van der Waals surface area (Å²) in [6.45, 7) is 2.61. The van der Waals surface area contributed by atoms with E-state index < -0.39 is 15.9 Å². The molecule has 2 N–H and O–H groups in total. The van der Waals surface area contributed by atoms with Crippen molar-refractivity contribution in [1.82, 2.24) is 0 Å². The molecule has 0 bridgehead atoms. The lowest BCUT2D eigenvalue weighted by molar-refractivity contribution is -0.118. The first kappa shape index (κ1) is 28.3. The van der Waals surface area contributed by atoms with Crippen molar-refractivity contribution in [2.45, 2.75) is 50.3 Å². The van der Waals surface area contributed by atoms with Crippen LogP contribution in [0.4, 0.5) is 11.4 Å². The second-order valence-electron chi connectivity index (χ2n) is 8.57. The summed E-state index contributed by atoms with van der Waals surface area (Å²) in [4.78, 5) is 12.4. The van der Waals surface area contributed by atoms with E-state index >= 15 is 0 Å². The molecule has 0 atom stereocenters. The number of hydrogen-bond acceptors (Lipinski definition) is 5. The number of unbranched alkanes of at least 4 members (excludes halogenated alkanes) is 5. The zero-order valence-corrected chi connectivity index (χ0v) is 22.5. The topological polar surface area (TPSA) is 93.7 Å². The van der Waals surface area contributed by atoms with Crippen LogP contribution in [0.2, 0.25) is 5.02 Å². The maximum atomic E-state index is 12.7. The fourth-order valence-electron chi connectivity index (χ4n) is 3.58. The van der Waals surface area contributed by atoms with Gasteiger partial charge in [0.1, 0.15) is 11.5 Å². The third kappa shape index (κ3) is 9.98. The first-order chi connectivity index (χ1) is 17.9. The molecule has 3 aromatic carbocycles. The van der Waals surface area contributed by atoms with Gasteiger partial charge in [0.15, 0.2) is 6.61 Å². The number of ether oxygens (including phenoxy) is 2. The maximum Gasteiger partial charge on any atom is 0.262 e. The molecule has 3 rings (SSSR count). The van der Waals surface area contributed by atoms with Crippen LogP contribution in [-0.2, 0) is 14.8 Å². The predicted molar refractivity (Wildman–Crippen MR) is 148 cm³/mol. The van der Waals surface area contributed by atoms with Gasteiger partial charge in [-0.25, -0.2) is 8.42 Å². The average molecular weight is 545 g/mol. The van der Waals surface area contributed by atoms with Crippen LogP contribution >= 0.6 is 11.6 Å². The summed E-state index contributed by atoms with van der Waals surface area (Å²) in [7, 11) is -3.87. The summed E-state index contributed by atoms with van der Waals surface area (Å²) >= 11 is 5.93. The molecule has 0 unspecified atom stereocenters. The van der Waals surface area contributed by atoms with Crippen molar-refractivity contribution in [3.8, 4) is 11.5 Å². The third-order valence-electron chi connectivity index (χ3n) is 5.45. The largest absolute Gasteiger partial charge is 0.493 e. The standard InChI is InChI=1S/C28H33ClN2O5S/c1-2-3-4-5-6-7-17-35-25-14-10-15-26(20-25)36-21-28(32)30-23-12-9-16-27(19-23)37(33,34)31-24-13-8-11-22(29)18-24/h8-16,18-20,31H,2-7,17,21H2,1H3,(H,30,32). The van der Waals surface area contributed by atoms with Gasteiger partial charge in [-0.3, -0.25) is 9.52 Å². The fraction of sp³-hybridized carbons (Fsp3) is 0.321. The van der Waals surface area contributed by atoms with E-state index in [2.05, 4.69) is 17.0 Å². The second kappa shape index (κ2) is 14.5. The van der Waals surface area contributed by atoms with Gasteiger partial charge in [-0.05, 0) is 55.0 Å². The Labute approximate surface area is 224 Å². The van der Waals surface area contributed by atoms with Crippen molar-refractivity contribution in [2.24, 2.45) is 0 Å². The molecule has 37 heavy (non-hydrogen) atoms. The van der Waals surface area contributed by atoms with Gasteiger partial charge in [-0.15, -0.1) is 0 Å². The predicted octanol–water partition coefficient (Wildman–Crippen LogP) is 6.90. The van der Waals surface area contributed by atoms with E-state index in [1.54, 1.807) is 42.5 Å². The molecule has 0 radical (unpaired) electrons. The lowest BCUT2D eigenvalue weighted by Gasteiger charge is -2.12. The highest BCUT2D eigenvalue weighted by Gasteiger charge is 2.15. The van der Waals surface area contributed by atoms with Crippen molar-refractivity contribution < 1.29 is 22.7 Å². The molecule has 0 saturated carbocycles. The molecule has 0 fully saturated rings. The molecule has 9 heteroatoms. The Bertz CT molecular complexity index is 1270. The smallest absolute Gasteiger partial charge is 0.262 e. The Morgan fingerprint density at radius 2 is 1.49 bits per heavy atom. The lowest BCUT2D eigenvalue weighted by atomic mass is 10.1. The lowest BCUT2D eigenvalue weighted by Crippen LogP contribution is -2.20. The minimum absolute atomic E-state index is 0.00130. The molecule has 0 aliphatic carbocycles. The SMILES string of the molecule is CCCCCCCCOc1cccc(OCC(=O)Nc2cccc(S(=O)(=O)Nc3cccc(Cl)c3)c2)c1. The van der Waals surface area contributed by atoms with Crippen LogP contribution in [-0.4, -0.2) is 27.5 Å². The number of carbonyl (C=O) groups excluding carboxylic acids is 1. The van der Waals surface area contributed by atoms with Gasteiger partial charge in [0.05, 0.1) is 17.2 Å². The molecule has 0 aliphatic rings. The van der Waals surface area contributed by atoms with E-state index in [1.807, 2.05) is 12.1 Å². The first-order valence-corrected chi connectivity index (χ1v) is 14.3. The number of halogens is 1. The number of sulfonamides is 1. The van der Waals surface area contributed by atoms with Gasteiger partial charge in [0.25, 0.3) is 15.9 Å². The number of rotatable bonds is 15. The highest BCUT2D eigenvalue weighted by Crippen LogP contribution is 2.22. The molecule has 0 heterocycles. The minimum atomic E-state index is -3.87. The number of anilines is 2. The molecule has 0 aliphatic heterocycles. The Kier molecular flexibility index (Phi) is 11.1. The number of benzene rings is 3. The molecular weight excluding hydrogens is 512 g/mol.